The maximum atomic E-state index is 12.6. The Labute approximate surface area is 179 Å². The van der Waals surface area contributed by atoms with E-state index in [0.717, 1.165) is 16.7 Å². The van der Waals surface area contributed by atoms with Gasteiger partial charge in [0.05, 0.1) is 17.0 Å². The Hall–Kier alpha value is -2.45. The van der Waals surface area contributed by atoms with Crippen molar-refractivity contribution in [1.82, 2.24) is 9.80 Å². The Morgan fingerprint density at radius 2 is 2.00 bits per heavy atom. The minimum Gasteiger partial charge on any atom is -0.493 e. The molecule has 0 N–H and O–H groups in total. The zero-order valence-electron chi connectivity index (χ0n) is 16.6. The Kier molecular flexibility index (Phi) is 8.16. The number of likely N-dealkylation sites (N-methyl/N-ethyl adjacent to an activating group) is 1. The van der Waals surface area contributed by atoms with Crippen molar-refractivity contribution in [3.63, 3.8) is 0 Å². The first kappa shape index (κ1) is 22.8. The highest BCUT2D eigenvalue weighted by Gasteiger charge is 2.37. The van der Waals surface area contributed by atoms with E-state index in [2.05, 4.69) is 6.58 Å². The van der Waals surface area contributed by atoms with E-state index in [4.69, 9.17) is 21.1 Å². The smallest absolute Gasteiger partial charge is 0.294 e. The van der Waals surface area contributed by atoms with E-state index in [1.165, 1.54) is 7.11 Å². The van der Waals surface area contributed by atoms with Crippen molar-refractivity contribution in [3.05, 3.63) is 40.3 Å². The number of hydrogen-bond donors (Lipinski definition) is 0. The summed E-state index contributed by atoms with van der Waals surface area (Å²) in [5, 5.41) is -0.181. The summed E-state index contributed by atoms with van der Waals surface area (Å²) in [7, 11) is 1.48. The van der Waals surface area contributed by atoms with Gasteiger partial charge in [0.15, 0.2) is 11.5 Å². The first-order chi connectivity index (χ1) is 13.9. The Morgan fingerprint density at radius 3 is 2.59 bits per heavy atom. The molecule has 0 aliphatic carbocycles. The Balaban J connectivity index is 2.25. The number of benzene rings is 1. The number of carbonyl (C=O) groups excluding carboxylic acids is 3. The third kappa shape index (κ3) is 5.33. The maximum Gasteiger partial charge on any atom is 0.294 e. The minimum atomic E-state index is -0.512. The van der Waals surface area contributed by atoms with Gasteiger partial charge in [0.2, 0.25) is 5.91 Å². The molecule has 1 saturated heterocycles. The average molecular weight is 439 g/mol. The van der Waals surface area contributed by atoms with Gasteiger partial charge in [-0.1, -0.05) is 24.3 Å². The molecule has 1 aromatic carbocycles. The molecule has 0 atom stereocenters. The number of hydrogen-bond acceptors (Lipinski definition) is 6. The summed E-state index contributed by atoms with van der Waals surface area (Å²) in [5.41, 5.74) is 0.568. The van der Waals surface area contributed by atoms with Crippen LogP contribution in [0, 0.1) is 0 Å². The quantitative estimate of drug-likeness (QED) is 0.431. The van der Waals surface area contributed by atoms with Gasteiger partial charge in [0.25, 0.3) is 11.1 Å². The molecule has 0 radical (unpaired) electrons. The lowest BCUT2D eigenvalue weighted by Gasteiger charge is -2.21. The number of halogens is 1. The van der Waals surface area contributed by atoms with E-state index >= 15 is 0 Å². The monoisotopic (exact) mass is 438 g/mol. The molecule has 2 rings (SSSR count). The van der Waals surface area contributed by atoms with E-state index in [0.29, 0.717) is 35.2 Å². The van der Waals surface area contributed by atoms with Crippen molar-refractivity contribution in [3.8, 4) is 11.5 Å². The number of amides is 3. The van der Waals surface area contributed by atoms with Gasteiger partial charge in [0.1, 0.15) is 13.2 Å². The van der Waals surface area contributed by atoms with Crippen LogP contribution in [0.5, 0.6) is 11.5 Å². The molecular weight excluding hydrogens is 416 g/mol. The minimum absolute atomic E-state index is 0.209. The lowest BCUT2D eigenvalue weighted by Crippen LogP contribution is -2.41. The highest BCUT2D eigenvalue weighted by atomic mass is 35.5. The highest BCUT2D eigenvalue weighted by Crippen LogP contribution is 2.39. The predicted octanol–water partition coefficient (Wildman–Crippen LogP) is 3.82. The molecule has 1 aliphatic rings. The summed E-state index contributed by atoms with van der Waals surface area (Å²) in [6, 6.07) is 3.26. The fourth-order valence-corrected chi connectivity index (χ4v) is 3.82. The van der Waals surface area contributed by atoms with Crippen LogP contribution in [0.15, 0.2) is 29.7 Å². The van der Waals surface area contributed by atoms with Crippen LogP contribution in [-0.4, -0.2) is 60.2 Å². The summed E-state index contributed by atoms with van der Waals surface area (Å²) in [6.07, 6.45) is 3.12. The number of carbonyl (C=O) groups is 3. The summed E-state index contributed by atoms with van der Waals surface area (Å²) < 4.78 is 10.8. The van der Waals surface area contributed by atoms with Gasteiger partial charge in [-0.2, -0.15) is 0 Å². The molecule has 1 aliphatic heterocycles. The molecule has 7 nitrogen and oxygen atoms in total. The van der Waals surface area contributed by atoms with Crippen LogP contribution in [0.1, 0.15) is 19.4 Å². The molecule has 29 heavy (non-hydrogen) atoms. The average Bonchev–Trinajstić information content (AvgIpc) is 2.95. The number of methoxy groups -OCH3 is 1. The number of rotatable bonds is 9. The van der Waals surface area contributed by atoms with Gasteiger partial charge in [-0.25, -0.2) is 0 Å². The van der Waals surface area contributed by atoms with Crippen molar-refractivity contribution in [2.24, 2.45) is 0 Å². The fraction of sp³-hybridized carbons (Fsp3) is 0.350. The van der Waals surface area contributed by atoms with Gasteiger partial charge < -0.3 is 14.4 Å². The summed E-state index contributed by atoms with van der Waals surface area (Å²) in [6.45, 7) is 8.28. The van der Waals surface area contributed by atoms with E-state index < -0.39 is 11.1 Å². The van der Waals surface area contributed by atoms with E-state index in [-0.39, 0.29) is 24.0 Å². The van der Waals surface area contributed by atoms with Crippen molar-refractivity contribution >= 4 is 46.5 Å². The van der Waals surface area contributed by atoms with Crippen LogP contribution in [0.4, 0.5) is 4.79 Å². The van der Waals surface area contributed by atoms with Gasteiger partial charge in [-0.15, -0.1) is 0 Å². The molecule has 0 spiro atoms. The Bertz CT molecular complexity index is 852. The van der Waals surface area contributed by atoms with E-state index in [9.17, 15) is 14.4 Å². The van der Waals surface area contributed by atoms with Crippen molar-refractivity contribution < 1.29 is 23.9 Å². The first-order valence-corrected chi connectivity index (χ1v) is 10.2. The SMILES string of the molecule is C=CCOc1c(Cl)cc(/C=C2\SC(=O)N(CC(=O)N(CC)CC)C2=O)cc1OC. The van der Waals surface area contributed by atoms with Crippen LogP contribution in [0.3, 0.4) is 0 Å². The highest BCUT2D eigenvalue weighted by molar-refractivity contribution is 8.18. The summed E-state index contributed by atoms with van der Waals surface area (Å²) in [5.74, 6) is -0.0276. The third-order valence-corrected chi connectivity index (χ3v) is 5.37. The third-order valence-electron chi connectivity index (χ3n) is 4.18. The molecule has 0 aromatic heterocycles. The number of thioether (sulfide) groups is 1. The lowest BCUT2D eigenvalue weighted by molar-refractivity contribution is -0.135. The van der Waals surface area contributed by atoms with Crippen LogP contribution < -0.4 is 9.47 Å². The zero-order chi connectivity index (χ0) is 21.6. The second-order valence-corrected chi connectivity index (χ2v) is 7.37. The van der Waals surface area contributed by atoms with Crippen molar-refractivity contribution in [2.75, 3.05) is 33.4 Å². The van der Waals surface area contributed by atoms with Crippen LogP contribution in [0.2, 0.25) is 5.02 Å². The van der Waals surface area contributed by atoms with Crippen LogP contribution in [0.25, 0.3) is 6.08 Å². The van der Waals surface area contributed by atoms with Gasteiger partial charge >= 0.3 is 0 Å². The van der Waals surface area contributed by atoms with Gasteiger partial charge in [-0.3, -0.25) is 19.3 Å². The molecule has 3 amide bonds. The number of nitrogens with zero attached hydrogens (tertiary/aromatic N) is 2. The second-order valence-electron chi connectivity index (χ2n) is 5.97. The van der Waals surface area contributed by atoms with E-state index in [1.54, 1.807) is 29.2 Å². The second kappa shape index (κ2) is 10.4. The molecule has 0 saturated carbocycles. The number of ether oxygens (including phenoxy) is 2. The molecule has 9 heteroatoms. The molecule has 1 aromatic rings. The number of imide groups is 1. The first-order valence-electron chi connectivity index (χ1n) is 9.00. The molecule has 1 fully saturated rings. The van der Waals surface area contributed by atoms with Crippen LogP contribution >= 0.6 is 23.4 Å². The summed E-state index contributed by atoms with van der Waals surface area (Å²) >= 11 is 7.06. The molecule has 0 bridgehead atoms. The van der Waals surface area contributed by atoms with Gasteiger partial charge in [-0.05, 0) is 49.4 Å². The predicted molar refractivity (Wildman–Crippen MR) is 114 cm³/mol. The normalized spacial score (nSPS) is 15.0. The van der Waals surface area contributed by atoms with Gasteiger partial charge in [0, 0.05) is 13.1 Å². The Morgan fingerprint density at radius 1 is 1.31 bits per heavy atom. The van der Waals surface area contributed by atoms with E-state index in [1.807, 2.05) is 13.8 Å². The van der Waals surface area contributed by atoms with Crippen LogP contribution in [-0.2, 0) is 9.59 Å². The van der Waals surface area contributed by atoms with Crippen molar-refractivity contribution in [2.45, 2.75) is 13.8 Å². The summed E-state index contributed by atoms with van der Waals surface area (Å²) in [4.78, 5) is 39.9. The fourth-order valence-electron chi connectivity index (χ4n) is 2.70. The molecular formula is C20H23ClN2O5S. The maximum absolute atomic E-state index is 12.6. The standard InChI is InChI=1S/C20H23ClN2O5S/c1-5-8-28-18-14(21)9-13(10-15(18)27-4)11-16-19(25)23(20(26)29-16)12-17(24)22(6-2)7-3/h5,9-11H,1,6-8,12H2,2-4H3/b16-11-. The zero-order valence-corrected chi connectivity index (χ0v) is 18.1. The molecule has 156 valence electrons. The largest absolute Gasteiger partial charge is 0.493 e. The lowest BCUT2D eigenvalue weighted by atomic mass is 10.1. The molecule has 0 unspecified atom stereocenters. The topological polar surface area (TPSA) is 76.2 Å². The van der Waals surface area contributed by atoms with Crippen molar-refractivity contribution in [1.29, 1.82) is 0 Å². The molecule has 1 heterocycles.